The first-order valence-corrected chi connectivity index (χ1v) is 9.90. The summed E-state index contributed by atoms with van der Waals surface area (Å²) in [5.74, 6) is 0. The zero-order valence-electron chi connectivity index (χ0n) is 12.5. The van der Waals surface area contributed by atoms with Crippen LogP contribution in [0.5, 0.6) is 0 Å². The quantitative estimate of drug-likeness (QED) is 0.785. The van der Waals surface area contributed by atoms with Crippen molar-refractivity contribution in [3.05, 3.63) is 60.7 Å². The molecule has 8 heteroatoms. The van der Waals surface area contributed by atoms with Crippen LogP contribution < -0.4 is 9.44 Å². The maximum atomic E-state index is 12.1. The average molecular weight is 354 g/mol. The molecule has 6 nitrogen and oxygen atoms in total. The van der Waals surface area contributed by atoms with Gasteiger partial charge in [0.2, 0.25) is 20.0 Å². The van der Waals surface area contributed by atoms with Crippen molar-refractivity contribution in [1.29, 1.82) is 0 Å². The summed E-state index contributed by atoms with van der Waals surface area (Å²) in [5, 5.41) is 0. The van der Waals surface area contributed by atoms with E-state index in [2.05, 4.69) is 9.44 Å². The van der Waals surface area contributed by atoms with Crippen LogP contribution >= 0.6 is 0 Å². The molecule has 124 valence electrons. The van der Waals surface area contributed by atoms with Crippen LogP contribution in [-0.4, -0.2) is 29.4 Å². The van der Waals surface area contributed by atoms with Crippen molar-refractivity contribution in [2.75, 3.05) is 6.54 Å². The first-order valence-electron chi connectivity index (χ1n) is 6.93. The molecule has 2 aromatic rings. The molecule has 0 fully saturated rings. The van der Waals surface area contributed by atoms with Gasteiger partial charge in [-0.15, -0.1) is 0 Å². The maximum Gasteiger partial charge on any atom is 0.240 e. The lowest BCUT2D eigenvalue weighted by Gasteiger charge is -2.15. The Morgan fingerprint density at radius 3 is 1.70 bits per heavy atom. The molecule has 23 heavy (non-hydrogen) atoms. The number of benzene rings is 2. The van der Waals surface area contributed by atoms with Gasteiger partial charge in [-0.3, -0.25) is 0 Å². The average Bonchev–Trinajstić information content (AvgIpc) is 2.54. The molecule has 2 N–H and O–H groups in total. The van der Waals surface area contributed by atoms with Crippen molar-refractivity contribution in [3.8, 4) is 0 Å². The van der Waals surface area contributed by atoms with Gasteiger partial charge in [-0.05, 0) is 31.2 Å². The van der Waals surface area contributed by atoms with Crippen molar-refractivity contribution in [2.45, 2.75) is 22.8 Å². The van der Waals surface area contributed by atoms with Gasteiger partial charge in [0.1, 0.15) is 0 Å². The molecule has 0 bridgehead atoms. The minimum Gasteiger partial charge on any atom is -0.210 e. The predicted octanol–water partition coefficient (Wildman–Crippen LogP) is 1.33. The summed E-state index contributed by atoms with van der Waals surface area (Å²) in [7, 11) is -7.34. The summed E-state index contributed by atoms with van der Waals surface area (Å²) < 4.78 is 53.3. The second kappa shape index (κ2) is 7.22. The SMILES string of the molecule is C[C@@H](CNS(=O)(=O)c1ccccc1)NS(=O)(=O)c1ccccc1. The van der Waals surface area contributed by atoms with Crippen molar-refractivity contribution >= 4 is 20.0 Å². The van der Waals surface area contributed by atoms with E-state index in [9.17, 15) is 16.8 Å². The van der Waals surface area contributed by atoms with Gasteiger partial charge in [-0.1, -0.05) is 36.4 Å². The summed E-state index contributed by atoms with van der Waals surface area (Å²) >= 11 is 0. The van der Waals surface area contributed by atoms with Gasteiger partial charge in [0.25, 0.3) is 0 Å². The van der Waals surface area contributed by atoms with Gasteiger partial charge in [0.15, 0.2) is 0 Å². The molecule has 0 saturated carbocycles. The molecule has 0 aliphatic heterocycles. The third-order valence-corrected chi connectivity index (χ3v) is 6.09. The molecule has 0 saturated heterocycles. The summed E-state index contributed by atoms with van der Waals surface area (Å²) in [5.41, 5.74) is 0. The van der Waals surface area contributed by atoms with E-state index in [1.54, 1.807) is 43.3 Å². The van der Waals surface area contributed by atoms with E-state index in [4.69, 9.17) is 0 Å². The van der Waals surface area contributed by atoms with Crippen molar-refractivity contribution in [2.24, 2.45) is 0 Å². The largest absolute Gasteiger partial charge is 0.240 e. The van der Waals surface area contributed by atoms with Crippen LogP contribution in [0.15, 0.2) is 70.5 Å². The lowest BCUT2D eigenvalue weighted by molar-refractivity contribution is 0.545. The topological polar surface area (TPSA) is 92.3 Å². The van der Waals surface area contributed by atoms with Gasteiger partial charge < -0.3 is 0 Å². The van der Waals surface area contributed by atoms with Crippen molar-refractivity contribution < 1.29 is 16.8 Å². The van der Waals surface area contributed by atoms with Crippen molar-refractivity contribution in [3.63, 3.8) is 0 Å². The fraction of sp³-hybridized carbons (Fsp3) is 0.200. The van der Waals surface area contributed by atoms with Gasteiger partial charge in [0, 0.05) is 12.6 Å². The third kappa shape index (κ3) is 4.87. The smallest absolute Gasteiger partial charge is 0.210 e. The van der Waals surface area contributed by atoms with E-state index < -0.39 is 26.1 Å². The zero-order chi connectivity index (χ0) is 16.9. The maximum absolute atomic E-state index is 12.1. The molecule has 2 aromatic carbocycles. The van der Waals surface area contributed by atoms with E-state index in [1.165, 1.54) is 24.3 Å². The van der Waals surface area contributed by atoms with E-state index in [0.29, 0.717) is 0 Å². The predicted molar refractivity (Wildman–Crippen MR) is 87.9 cm³/mol. The molecule has 0 aliphatic rings. The highest BCUT2D eigenvalue weighted by Crippen LogP contribution is 2.09. The van der Waals surface area contributed by atoms with E-state index in [-0.39, 0.29) is 16.3 Å². The molecule has 0 spiro atoms. The Kier molecular flexibility index (Phi) is 5.53. The Labute approximate surface area is 136 Å². The zero-order valence-corrected chi connectivity index (χ0v) is 14.1. The number of sulfonamides is 2. The van der Waals surface area contributed by atoms with Crippen LogP contribution in [0.2, 0.25) is 0 Å². The Hall–Kier alpha value is -1.74. The standard InChI is InChI=1S/C15H18N2O4S2/c1-13(17-23(20,21)15-10-6-3-7-11-15)12-16-22(18,19)14-8-4-2-5-9-14/h2-11,13,16-17H,12H2,1H3/t13-/m0/s1. The number of hydrogen-bond acceptors (Lipinski definition) is 4. The third-order valence-electron chi connectivity index (χ3n) is 3.04. The van der Waals surface area contributed by atoms with Crippen LogP contribution in [0.3, 0.4) is 0 Å². The van der Waals surface area contributed by atoms with Gasteiger partial charge in [0.05, 0.1) is 9.79 Å². The lowest BCUT2D eigenvalue weighted by atomic mass is 10.4. The minimum atomic E-state index is -3.68. The minimum absolute atomic E-state index is 0.0523. The summed E-state index contributed by atoms with van der Waals surface area (Å²) in [4.78, 5) is 0.274. The summed E-state index contributed by atoms with van der Waals surface area (Å²) in [6.45, 7) is 1.54. The Morgan fingerprint density at radius 1 is 0.783 bits per heavy atom. The fourth-order valence-electron chi connectivity index (χ4n) is 1.89. The lowest BCUT2D eigenvalue weighted by Crippen LogP contribution is -2.41. The van der Waals surface area contributed by atoms with Crippen LogP contribution in [0, 0.1) is 0 Å². The Morgan fingerprint density at radius 2 is 1.22 bits per heavy atom. The van der Waals surface area contributed by atoms with Crippen LogP contribution in [0.1, 0.15) is 6.92 Å². The molecule has 0 radical (unpaired) electrons. The summed E-state index contributed by atoms with van der Waals surface area (Å²) in [6, 6.07) is 15.2. The van der Waals surface area contributed by atoms with Gasteiger partial charge >= 0.3 is 0 Å². The van der Waals surface area contributed by atoms with Crippen LogP contribution in [0.4, 0.5) is 0 Å². The molecule has 0 aromatic heterocycles. The highest BCUT2D eigenvalue weighted by atomic mass is 32.2. The first-order chi connectivity index (χ1) is 10.8. The Balaban J connectivity index is 1.99. The number of hydrogen-bond donors (Lipinski definition) is 2. The molecule has 1 atom stereocenters. The van der Waals surface area contributed by atoms with Gasteiger partial charge in [-0.2, -0.15) is 0 Å². The molecule has 0 unspecified atom stereocenters. The monoisotopic (exact) mass is 354 g/mol. The van der Waals surface area contributed by atoms with Crippen LogP contribution in [-0.2, 0) is 20.0 Å². The number of nitrogens with one attached hydrogen (secondary N) is 2. The number of rotatable bonds is 7. The Bertz CT molecular complexity index is 836. The molecule has 0 heterocycles. The van der Waals surface area contributed by atoms with E-state index in [0.717, 1.165) is 0 Å². The molecular weight excluding hydrogens is 336 g/mol. The molecule has 2 rings (SSSR count). The fourth-order valence-corrected chi connectivity index (χ4v) is 4.31. The van der Waals surface area contributed by atoms with Crippen LogP contribution in [0.25, 0.3) is 0 Å². The first kappa shape index (κ1) is 17.6. The van der Waals surface area contributed by atoms with E-state index in [1.807, 2.05) is 0 Å². The summed E-state index contributed by atoms with van der Waals surface area (Å²) in [6.07, 6.45) is 0. The normalized spacial score (nSPS) is 13.6. The molecule has 0 amide bonds. The van der Waals surface area contributed by atoms with Gasteiger partial charge in [-0.25, -0.2) is 26.3 Å². The highest BCUT2D eigenvalue weighted by molar-refractivity contribution is 7.90. The molecular formula is C15H18N2O4S2. The highest BCUT2D eigenvalue weighted by Gasteiger charge is 2.19. The molecule has 0 aliphatic carbocycles. The van der Waals surface area contributed by atoms with Crippen molar-refractivity contribution in [1.82, 2.24) is 9.44 Å². The second-order valence-corrected chi connectivity index (χ2v) is 8.48. The van der Waals surface area contributed by atoms with E-state index >= 15 is 0 Å². The second-order valence-electron chi connectivity index (χ2n) is 5.00.